The zero-order valence-electron chi connectivity index (χ0n) is 15.7. The van der Waals surface area contributed by atoms with Crippen LogP contribution in [0.4, 0.5) is 17.6 Å². The lowest BCUT2D eigenvalue weighted by Crippen LogP contribution is -2.23. The molecule has 7 heteroatoms. The fourth-order valence-corrected chi connectivity index (χ4v) is 2.45. The summed E-state index contributed by atoms with van der Waals surface area (Å²) in [6.07, 6.45) is 2.68. The topological polar surface area (TPSA) is 75.6 Å². The Balaban J connectivity index is 1.92. The fourth-order valence-electron chi connectivity index (χ4n) is 2.28. The van der Waals surface area contributed by atoms with Crippen molar-refractivity contribution in [3.05, 3.63) is 53.8 Å². The summed E-state index contributed by atoms with van der Waals surface area (Å²) < 4.78 is 0. The first-order valence-corrected chi connectivity index (χ1v) is 9.27. The molecule has 27 heavy (non-hydrogen) atoms. The molecule has 0 unspecified atom stereocenters. The third kappa shape index (κ3) is 5.37. The van der Waals surface area contributed by atoms with Gasteiger partial charge in [0.05, 0.1) is 0 Å². The van der Waals surface area contributed by atoms with Crippen LogP contribution in [0, 0.1) is 5.41 Å². The summed E-state index contributed by atoms with van der Waals surface area (Å²) in [4.78, 5) is 17.6. The van der Waals surface area contributed by atoms with Gasteiger partial charge in [0.2, 0.25) is 11.9 Å². The third-order valence-electron chi connectivity index (χ3n) is 4.33. The predicted molar refractivity (Wildman–Crippen MR) is 110 cm³/mol. The number of pyridine rings is 1. The second-order valence-electron chi connectivity index (χ2n) is 7.04. The molecule has 3 rings (SSSR count). The summed E-state index contributed by atoms with van der Waals surface area (Å²) in [5.41, 5.74) is 1.83. The SMILES string of the molecule is CCC(C)(C)CNc1nc(Nc2ccnc(Cl)c2)nc(-c2ccccc2)n1. The molecule has 0 aliphatic rings. The summed E-state index contributed by atoms with van der Waals surface area (Å²) in [5, 5.41) is 6.93. The summed E-state index contributed by atoms with van der Waals surface area (Å²) in [6, 6.07) is 13.4. The van der Waals surface area contributed by atoms with Gasteiger partial charge in [0, 0.05) is 24.0 Å². The first-order chi connectivity index (χ1) is 12.9. The highest BCUT2D eigenvalue weighted by Gasteiger charge is 2.16. The minimum absolute atomic E-state index is 0.145. The molecule has 0 aliphatic carbocycles. The highest BCUT2D eigenvalue weighted by Crippen LogP contribution is 2.23. The van der Waals surface area contributed by atoms with E-state index in [-0.39, 0.29) is 5.41 Å². The van der Waals surface area contributed by atoms with E-state index in [4.69, 9.17) is 11.6 Å². The quantitative estimate of drug-likeness (QED) is 0.548. The summed E-state index contributed by atoms with van der Waals surface area (Å²) in [6.45, 7) is 7.35. The first-order valence-electron chi connectivity index (χ1n) is 8.89. The molecule has 2 N–H and O–H groups in total. The summed E-state index contributed by atoms with van der Waals surface area (Å²) in [5.74, 6) is 1.58. The first kappa shape index (κ1) is 19.0. The summed E-state index contributed by atoms with van der Waals surface area (Å²) in [7, 11) is 0. The molecule has 3 aromatic rings. The molecule has 0 saturated heterocycles. The van der Waals surface area contributed by atoms with Crippen molar-refractivity contribution in [3.8, 4) is 11.4 Å². The molecule has 0 amide bonds. The lowest BCUT2D eigenvalue weighted by molar-refractivity contribution is 0.376. The maximum Gasteiger partial charge on any atom is 0.232 e. The van der Waals surface area contributed by atoms with Gasteiger partial charge >= 0.3 is 0 Å². The Labute approximate surface area is 164 Å². The number of rotatable bonds is 7. The van der Waals surface area contributed by atoms with Crippen LogP contribution in [-0.2, 0) is 0 Å². The number of nitrogens with zero attached hydrogens (tertiary/aromatic N) is 4. The van der Waals surface area contributed by atoms with Gasteiger partial charge in [-0.2, -0.15) is 15.0 Å². The Hall–Kier alpha value is -2.73. The summed E-state index contributed by atoms with van der Waals surface area (Å²) >= 11 is 5.97. The van der Waals surface area contributed by atoms with Gasteiger partial charge in [-0.3, -0.25) is 0 Å². The van der Waals surface area contributed by atoms with Crippen molar-refractivity contribution in [2.45, 2.75) is 27.2 Å². The molecule has 140 valence electrons. The van der Waals surface area contributed by atoms with Crippen LogP contribution in [0.15, 0.2) is 48.7 Å². The predicted octanol–water partition coefficient (Wildman–Crippen LogP) is 5.18. The number of anilines is 3. The van der Waals surface area contributed by atoms with E-state index < -0.39 is 0 Å². The fraction of sp³-hybridized carbons (Fsp3) is 0.300. The van der Waals surface area contributed by atoms with Gasteiger partial charge in [0.25, 0.3) is 0 Å². The Morgan fingerprint density at radius 3 is 2.44 bits per heavy atom. The minimum Gasteiger partial charge on any atom is -0.354 e. The molecule has 6 nitrogen and oxygen atoms in total. The molecule has 0 fully saturated rings. The molecule has 1 aromatic carbocycles. The second kappa shape index (κ2) is 8.31. The Morgan fingerprint density at radius 2 is 1.74 bits per heavy atom. The number of benzene rings is 1. The molecular weight excluding hydrogens is 360 g/mol. The lowest BCUT2D eigenvalue weighted by Gasteiger charge is -2.23. The van der Waals surface area contributed by atoms with Gasteiger partial charge in [-0.25, -0.2) is 4.98 Å². The van der Waals surface area contributed by atoms with E-state index in [0.717, 1.165) is 24.2 Å². The van der Waals surface area contributed by atoms with Crippen molar-refractivity contribution < 1.29 is 0 Å². The average Bonchev–Trinajstić information content (AvgIpc) is 2.67. The van der Waals surface area contributed by atoms with Gasteiger partial charge in [0.1, 0.15) is 5.15 Å². The van der Waals surface area contributed by atoms with Gasteiger partial charge in [0.15, 0.2) is 5.82 Å². The van der Waals surface area contributed by atoms with Crippen molar-refractivity contribution in [1.82, 2.24) is 19.9 Å². The van der Waals surface area contributed by atoms with Crippen molar-refractivity contribution in [1.29, 1.82) is 0 Å². The van der Waals surface area contributed by atoms with Gasteiger partial charge in [-0.15, -0.1) is 0 Å². The van der Waals surface area contributed by atoms with Crippen LogP contribution in [0.5, 0.6) is 0 Å². The standard InChI is InChI=1S/C20H23ClN6/c1-4-20(2,3)13-23-18-25-17(14-8-6-5-7-9-14)26-19(27-18)24-15-10-11-22-16(21)12-15/h5-12H,4,13H2,1-3H3,(H2,22,23,24,25,26,27). The zero-order chi connectivity index (χ0) is 19.3. The number of aromatic nitrogens is 4. The van der Waals surface area contributed by atoms with Gasteiger partial charge in [-0.1, -0.05) is 62.7 Å². The number of nitrogens with one attached hydrogen (secondary N) is 2. The molecule has 0 radical (unpaired) electrons. The van der Waals surface area contributed by atoms with Crippen LogP contribution in [0.25, 0.3) is 11.4 Å². The van der Waals surface area contributed by atoms with Crippen LogP contribution < -0.4 is 10.6 Å². The molecule has 0 saturated carbocycles. The third-order valence-corrected chi connectivity index (χ3v) is 4.54. The van der Waals surface area contributed by atoms with Crippen LogP contribution >= 0.6 is 11.6 Å². The van der Waals surface area contributed by atoms with E-state index in [0.29, 0.717) is 22.9 Å². The maximum absolute atomic E-state index is 5.97. The van der Waals surface area contributed by atoms with Crippen molar-refractivity contribution in [3.63, 3.8) is 0 Å². The number of halogens is 1. The smallest absolute Gasteiger partial charge is 0.232 e. The highest BCUT2D eigenvalue weighted by atomic mass is 35.5. The average molecular weight is 383 g/mol. The van der Waals surface area contributed by atoms with Crippen molar-refractivity contribution >= 4 is 29.2 Å². The normalized spacial score (nSPS) is 11.3. The van der Waals surface area contributed by atoms with E-state index in [1.165, 1.54) is 0 Å². The van der Waals surface area contributed by atoms with Crippen LogP contribution in [0.3, 0.4) is 0 Å². The van der Waals surface area contributed by atoms with E-state index in [1.54, 1.807) is 12.3 Å². The van der Waals surface area contributed by atoms with Gasteiger partial charge < -0.3 is 10.6 Å². The van der Waals surface area contributed by atoms with E-state index in [9.17, 15) is 0 Å². The maximum atomic E-state index is 5.97. The van der Waals surface area contributed by atoms with Gasteiger partial charge in [-0.05, 0) is 24.0 Å². The molecule has 2 aromatic heterocycles. The largest absolute Gasteiger partial charge is 0.354 e. The van der Waals surface area contributed by atoms with Crippen LogP contribution in [0.1, 0.15) is 27.2 Å². The van der Waals surface area contributed by atoms with E-state index in [1.807, 2.05) is 36.4 Å². The lowest BCUT2D eigenvalue weighted by atomic mass is 9.90. The number of hydrogen-bond acceptors (Lipinski definition) is 6. The molecule has 0 aliphatic heterocycles. The highest BCUT2D eigenvalue weighted by molar-refractivity contribution is 6.29. The Morgan fingerprint density at radius 1 is 1.00 bits per heavy atom. The minimum atomic E-state index is 0.145. The second-order valence-corrected chi connectivity index (χ2v) is 7.42. The molecule has 0 atom stereocenters. The van der Waals surface area contributed by atoms with Crippen molar-refractivity contribution in [2.24, 2.45) is 5.41 Å². The number of hydrogen-bond donors (Lipinski definition) is 2. The zero-order valence-corrected chi connectivity index (χ0v) is 16.5. The van der Waals surface area contributed by atoms with Crippen LogP contribution in [0.2, 0.25) is 5.15 Å². The van der Waals surface area contributed by atoms with Crippen LogP contribution in [-0.4, -0.2) is 26.5 Å². The molecule has 2 heterocycles. The van der Waals surface area contributed by atoms with Crippen molar-refractivity contribution in [2.75, 3.05) is 17.2 Å². The monoisotopic (exact) mass is 382 g/mol. The van der Waals surface area contributed by atoms with E-state index in [2.05, 4.69) is 51.3 Å². The molecular formula is C20H23ClN6. The van der Waals surface area contributed by atoms with E-state index >= 15 is 0 Å². The molecule has 0 bridgehead atoms. The molecule has 0 spiro atoms. The Bertz CT molecular complexity index is 898. The Kier molecular flexibility index (Phi) is 5.86.